The van der Waals surface area contributed by atoms with Gasteiger partial charge in [0.15, 0.2) is 11.5 Å². The molecule has 0 spiro atoms. The van der Waals surface area contributed by atoms with Crippen LogP contribution >= 0.6 is 11.6 Å². The molecule has 134 valence electrons. The molecule has 2 aromatic rings. The van der Waals surface area contributed by atoms with Crippen molar-refractivity contribution < 1.29 is 19.0 Å². The number of hydrogen-bond donors (Lipinski definition) is 0. The zero-order chi connectivity index (χ0) is 18.4. The van der Waals surface area contributed by atoms with Gasteiger partial charge in [0, 0.05) is 13.6 Å². The van der Waals surface area contributed by atoms with Crippen molar-refractivity contribution in [3.05, 3.63) is 52.5 Å². The van der Waals surface area contributed by atoms with Crippen molar-refractivity contribution in [3.63, 3.8) is 0 Å². The Morgan fingerprint density at radius 3 is 2.16 bits per heavy atom. The third kappa shape index (κ3) is 4.37. The first-order valence-corrected chi connectivity index (χ1v) is 8.18. The smallest absolute Gasteiger partial charge is 0.255 e. The SMILES string of the molecule is COc1cc(CCN(C)C(=O)c2ccccc2Cl)cc(OC)c1OC. The van der Waals surface area contributed by atoms with Crippen molar-refractivity contribution >= 4 is 17.5 Å². The lowest BCUT2D eigenvalue weighted by Gasteiger charge is -2.19. The minimum atomic E-state index is -0.113. The number of ether oxygens (including phenoxy) is 3. The van der Waals surface area contributed by atoms with Crippen LogP contribution in [0.3, 0.4) is 0 Å². The van der Waals surface area contributed by atoms with Gasteiger partial charge in [-0.3, -0.25) is 4.79 Å². The highest BCUT2D eigenvalue weighted by Crippen LogP contribution is 2.38. The highest BCUT2D eigenvalue weighted by molar-refractivity contribution is 6.33. The topological polar surface area (TPSA) is 48.0 Å². The molecule has 0 radical (unpaired) electrons. The Balaban J connectivity index is 2.13. The summed E-state index contributed by atoms with van der Waals surface area (Å²) in [6.45, 7) is 0.530. The fourth-order valence-corrected chi connectivity index (χ4v) is 2.73. The zero-order valence-electron chi connectivity index (χ0n) is 14.8. The molecule has 0 N–H and O–H groups in total. The molecule has 0 atom stereocenters. The Labute approximate surface area is 153 Å². The van der Waals surface area contributed by atoms with E-state index >= 15 is 0 Å². The molecule has 2 rings (SSSR count). The number of carbonyl (C=O) groups is 1. The van der Waals surface area contributed by atoms with E-state index in [1.54, 1.807) is 57.5 Å². The number of benzene rings is 2. The molecule has 6 heteroatoms. The molecular weight excluding hydrogens is 342 g/mol. The maximum Gasteiger partial charge on any atom is 0.255 e. The molecule has 0 saturated heterocycles. The molecule has 25 heavy (non-hydrogen) atoms. The number of halogens is 1. The molecule has 0 fully saturated rings. The average Bonchev–Trinajstić information content (AvgIpc) is 2.64. The highest BCUT2D eigenvalue weighted by Gasteiger charge is 2.16. The lowest BCUT2D eigenvalue weighted by molar-refractivity contribution is 0.0797. The number of hydrogen-bond acceptors (Lipinski definition) is 4. The predicted molar refractivity (Wildman–Crippen MR) is 98.2 cm³/mol. The summed E-state index contributed by atoms with van der Waals surface area (Å²) in [5.74, 6) is 1.63. The Morgan fingerprint density at radius 1 is 1.04 bits per heavy atom. The van der Waals surface area contributed by atoms with Crippen molar-refractivity contribution in [2.75, 3.05) is 34.9 Å². The summed E-state index contributed by atoms with van der Waals surface area (Å²) in [5.41, 5.74) is 1.48. The maximum atomic E-state index is 12.5. The van der Waals surface area contributed by atoms with E-state index in [9.17, 15) is 4.79 Å². The van der Waals surface area contributed by atoms with Crippen LogP contribution in [0.2, 0.25) is 5.02 Å². The van der Waals surface area contributed by atoms with Crippen LogP contribution in [0.15, 0.2) is 36.4 Å². The second-order valence-corrected chi connectivity index (χ2v) is 5.90. The van der Waals surface area contributed by atoms with Gasteiger partial charge >= 0.3 is 0 Å². The number of likely N-dealkylation sites (N-methyl/N-ethyl adjacent to an activating group) is 1. The third-order valence-corrected chi connectivity index (χ3v) is 4.24. The van der Waals surface area contributed by atoms with E-state index in [0.29, 0.717) is 40.8 Å². The van der Waals surface area contributed by atoms with Crippen molar-refractivity contribution in [1.29, 1.82) is 0 Å². The number of rotatable bonds is 7. The molecule has 0 heterocycles. The normalized spacial score (nSPS) is 10.3. The van der Waals surface area contributed by atoms with Crippen LogP contribution in [0.25, 0.3) is 0 Å². The summed E-state index contributed by atoms with van der Waals surface area (Å²) >= 11 is 6.10. The highest BCUT2D eigenvalue weighted by atomic mass is 35.5. The van der Waals surface area contributed by atoms with Crippen LogP contribution in [-0.4, -0.2) is 45.7 Å². The predicted octanol–water partition coefficient (Wildman–Crippen LogP) is 3.68. The summed E-state index contributed by atoms with van der Waals surface area (Å²) < 4.78 is 16.0. The van der Waals surface area contributed by atoms with Gasteiger partial charge in [0.25, 0.3) is 5.91 Å². The van der Waals surface area contributed by atoms with Crippen molar-refractivity contribution in [1.82, 2.24) is 4.90 Å². The number of amides is 1. The van der Waals surface area contributed by atoms with E-state index in [0.717, 1.165) is 5.56 Å². The molecule has 2 aromatic carbocycles. The minimum Gasteiger partial charge on any atom is -0.493 e. The Morgan fingerprint density at radius 2 is 1.64 bits per heavy atom. The van der Waals surface area contributed by atoms with E-state index in [1.807, 2.05) is 12.1 Å². The largest absolute Gasteiger partial charge is 0.493 e. The monoisotopic (exact) mass is 363 g/mol. The Bertz CT molecular complexity index is 723. The summed E-state index contributed by atoms with van der Waals surface area (Å²) in [4.78, 5) is 14.1. The van der Waals surface area contributed by atoms with Crippen LogP contribution in [0.5, 0.6) is 17.2 Å². The van der Waals surface area contributed by atoms with E-state index in [4.69, 9.17) is 25.8 Å². The molecule has 0 aromatic heterocycles. The first kappa shape index (κ1) is 18.9. The van der Waals surface area contributed by atoms with E-state index in [-0.39, 0.29) is 5.91 Å². The Hall–Kier alpha value is -2.40. The second kappa shape index (κ2) is 8.62. The van der Waals surface area contributed by atoms with Crippen LogP contribution < -0.4 is 14.2 Å². The van der Waals surface area contributed by atoms with Gasteiger partial charge in [-0.2, -0.15) is 0 Å². The summed E-state index contributed by atoms with van der Waals surface area (Å²) in [6.07, 6.45) is 0.642. The van der Waals surface area contributed by atoms with Gasteiger partial charge < -0.3 is 19.1 Å². The van der Waals surface area contributed by atoms with Crippen LogP contribution in [0.1, 0.15) is 15.9 Å². The summed E-state index contributed by atoms with van der Waals surface area (Å²) in [7, 11) is 6.47. The van der Waals surface area contributed by atoms with E-state index < -0.39 is 0 Å². The van der Waals surface area contributed by atoms with Gasteiger partial charge in [-0.15, -0.1) is 0 Å². The van der Waals surface area contributed by atoms with Gasteiger partial charge in [-0.05, 0) is 36.2 Å². The number of nitrogens with zero attached hydrogens (tertiary/aromatic N) is 1. The molecule has 1 amide bonds. The molecule has 0 saturated carbocycles. The van der Waals surface area contributed by atoms with E-state index in [1.165, 1.54) is 0 Å². The molecule has 0 aliphatic carbocycles. The maximum absolute atomic E-state index is 12.5. The van der Waals surface area contributed by atoms with Crippen LogP contribution in [0.4, 0.5) is 0 Å². The van der Waals surface area contributed by atoms with Gasteiger partial charge in [0.1, 0.15) is 0 Å². The molecule has 0 aliphatic rings. The average molecular weight is 364 g/mol. The lowest BCUT2D eigenvalue weighted by Crippen LogP contribution is -2.29. The summed E-state index contributed by atoms with van der Waals surface area (Å²) in [6, 6.07) is 10.8. The van der Waals surface area contributed by atoms with Crippen molar-refractivity contribution in [2.24, 2.45) is 0 Å². The summed E-state index contributed by atoms with van der Waals surface area (Å²) in [5, 5.41) is 0.451. The van der Waals surface area contributed by atoms with Crippen molar-refractivity contribution in [2.45, 2.75) is 6.42 Å². The zero-order valence-corrected chi connectivity index (χ0v) is 15.6. The van der Waals surface area contributed by atoms with Gasteiger partial charge in [-0.25, -0.2) is 0 Å². The standard InChI is InChI=1S/C19H22ClNO4/c1-21(19(22)14-7-5-6-8-15(14)20)10-9-13-11-16(23-2)18(25-4)17(12-13)24-3/h5-8,11-12H,9-10H2,1-4H3. The lowest BCUT2D eigenvalue weighted by atomic mass is 10.1. The van der Waals surface area contributed by atoms with E-state index in [2.05, 4.69) is 0 Å². The first-order chi connectivity index (χ1) is 12.0. The number of carbonyl (C=O) groups excluding carboxylic acids is 1. The molecule has 5 nitrogen and oxygen atoms in total. The van der Waals surface area contributed by atoms with Gasteiger partial charge in [0.05, 0.1) is 31.9 Å². The molecule has 0 aliphatic heterocycles. The van der Waals surface area contributed by atoms with Gasteiger partial charge in [0.2, 0.25) is 5.75 Å². The fourth-order valence-electron chi connectivity index (χ4n) is 2.52. The minimum absolute atomic E-state index is 0.113. The second-order valence-electron chi connectivity index (χ2n) is 5.49. The first-order valence-electron chi connectivity index (χ1n) is 7.80. The van der Waals surface area contributed by atoms with Crippen LogP contribution in [0, 0.1) is 0 Å². The Kier molecular flexibility index (Phi) is 6.53. The fraction of sp³-hybridized carbons (Fsp3) is 0.316. The van der Waals surface area contributed by atoms with Gasteiger partial charge in [-0.1, -0.05) is 23.7 Å². The molecule has 0 unspecified atom stereocenters. The number of methoxy groups -OCH3 is 3. The van der Waals surface area contributed by atoms with Crippen molar-refractivity contribution in [3.8, 4) is 17.2 Å². The quantitative estimate of drug-likeness (QED) is 0.753. The molecular formula is C19H22ClNO4. The molecule has 0 bridgehead atoms. The van der Waals surface area contributed by atoms with Crippen LogP contribution in [-0.2, 0) is 6.42 Å². The third-order valence-electron chi connectivity index (χ3n) is 3.91.